The van der Waals surface area contributed by atoms with Crippen LogP contribution in [0.4, 0.5) is 0 Å². The van der Waals surface area contributed by atoms with Gasteiger partial charge in [0.15, 0.2) is 0 Å². The van der Waals surface area contributed by atoms with Crippen molar-refractivity contribution in [2.24, 2.45) is 11.8 Å². The fourth-order valence-electron chi connectivity index (χ4n) is 3.06. The molecular formula is C21H24N2O3. The lowest BCUT2D eigenvalue weighted by Gasteiger charge is -2.10. The third-order valence-electron chi connectivity index (χ3n) is 4.82. The van der Waals surface area contributed by atoms with Crippen molar-refractivity contribution in [2.75, 3.05) is 7.11 Å². The highest BCUT2D eigenvalue weighted by atomic mass is 16.5. The smallest absolute Gasteiger partial charge is 0.224 e. The van der Waals surface area contributed by atoms with Gasteiger partial charge in [-0.1, -0.05) is 42.5 Å². The van der Waals surface area contributed by atoms with Crippen molar-refractivity contribution in [3.63, 3.8) is 0 Å². The monoisotopic (exact) mass is 352 g/mol. The Morgan fingerprint density at radius 2 is 1.46 bits per heavy atom. The van der Waals surface area contributed by atoms with Crippen molar-refractivity contribution in [2.45, 2.75) is 26.4 Å². The summed E-state index contributed by atoms with van der Waals surface area (Å²) in [6.07, 6.45) is 0.608. The quantitative estimate of drug-likeness (QED) is 0.805. The number of carbonyl (C=O) groups excluding carboxylic acids is 2. The van der Waals surface area contributed by atoms with Gasteiger partial charge in [0.2, 0.25) is 11.8 Å². The van der Waals surface area contributed by atoms with Crippen LogP contribution < -0.4 is 15.4 Å². The molecule has 2 atom stereocenters. The fraction of sp³-hybridized carbons (Fsp3) is 0.333. The number of aryl methyl sites for hydroxylation is 1. The third kappa shape index (κ3) is 4.23. The molecule has 5 heteroatoms. The molecule has 0 aliphatic heterocycles. The molecule has 3 rings (SSSR count). The van der Waals surface area contributed by atoms with Crippen LogP contribution >= 0.6 is 0 Å². The lowest BCUT2D eigenvalue weighted by molar-refractivity contribution is -0.127. The van der Waals surface area contributed by atoms with Crippen LogP contribution in [0.15, 0.2) is 48.5 Å². The summed E-state index contributed by atoms with van der Waals surface area (Å²) in [4.78, 5) is 24.6. The number of amides is 2. The number of nitrogens with one attached hydrogen (secondary N) is 2. The minimum absolute atomic E-state index is 0.0503. The second-order valence-corrected chi connectivity index (χ2v) is 6.62. The van der Waals surface area contributed by atoms with E-state index in [4.69, 9.17) is 4.74 Å². The molecular weight excluding hydrogens is 328 g/mol. The Morgan fingerprint density at radius 3 is 2.08 bits per heavy atom. The van der Waals surface area contributed by atoms with Gasteiger partial charge >= 0.3 is 0 Å². The van der Waals surface area contributed by atoms with Crippen LogP contribution in [0.3, 0.4) is 0 Å². The lowest BCUT2D eigenvalue weighted by Crippen LogP contribution is -2.30. The van der Waals surface area contributed by atoms with E-state index >= 15 is 0 Å². The van der Waals surface area contributed by atoms with Gasteiger partial charge in [-0.15, -0.1) is 0 Å². The van der Waals surface area contributed by atoms with Crippen molar-refractivity contribution in [3.05, 3.63) is 65.2 Å². The first-order valence-corrected chi connectivity index (χ1v) is 8.82. The summed E-state index contributed by atoms with van der Waals surface area (Å²) in [7, 11) is 1.61. The maximum atomic E-state index is 12.3. The minimum atomic E-state index is -0.235. The van der Waals surface area contributed by atoms with Crippen LogP contribution in [0.1, 0.15) is 23.1 Å². The number of carbonyl (C=O) groups is 2. The number of ether oxygens (including phenoxy) is 1. The molecule has 0 aromatic heterocycles. The molecule has 0 spiro atoms. The molecule has 0 bridgehead atoms. The topological polar surface area (TPSA) is 67.4 Å². The highest BCUT2D eigenvalue weighted by molar-refractivity contribution is 5.92. The van der Waals surface area contributed by atoms with E-state index in [0.29, 0.717) is 19.5 Å². The van der Waals surface area contributed by atoms with Gasteiger partial charge in [0.1, 0.15) is 5.75 Å². The molecule has 2 aromatic carbocycles. The SMILES string of the molecule is COc1ccccc1CNC(=O)C1CC1C(=O)NCc1ccccc1C. The standard InChI is InChI=1S/C21H24N2O3/c1-14-7-3-4-8-15(14)12-22-20(24)17-11-18(17)21(25)23-13-16-9-5-6-10-19(16)26-2/h3-10,17-18H,11-13H2,1-2H3,(H,22,24)(H,23,25). The first-order chi connectivity index (χ1) is 12.6. The summed E-state index contributed by atoms with van der Waals surface area (Å²) >= 11 is 0. The summed E-state index contributed by atoms with van der Waals surface area (Å²) in [5, 5.41) is 5.84. The Hall–Kier alpha value is -2.82. The molecule has 2 N–H and O–H groups in total. The molecule has 1 fully saturated rings. The Morgan fingerprint density at radius 1 is 0.923 bits per heavy atom. The predicted molar refractivity (Wildman–Crippen MR) is 99.5 cm³/mol. The highest BCUT2D eigenvalue weighted by Crippen LogP contribution is 2.39. The Balaban J connectivity index is 1.46. The van der Waals surface area contributed by atoms with Crippen molar-refractivity contribution >= 4 is 11.8 Å². The van der Waals surface area contributed by atoms with E-state index in [1.54, 1.807) is 7.11 Å². The van der Waals surface area contributed by atoms with Gasteiger partial charge in [-0.05, 0) is 30.5 Å². The molecule has 1 aliphatic rings. The maximum absolute atomic E-state index is 12.3. The molecule has 2 aromatic rings. The average Bonchev–Trinajstić information content (AvgIpc) is 3.46. The minimum Gasteiger partial charge on any atom is -0.496 e. The van der Waals surface area contributed by atoms with Crippen molar-refractivity contribution in [1.29, 1.82) is 0 Å². The van der Waals surface area contributed by atoms with E-state index in [-0.39, 0.29) is 23.7 Å². The van der Waals surface area contributed by atoms with Gasteiger partial charge in [-0.25, -0.2) is 0 Å². The molecule has 2 amide bonds. The van der Waals surface area contributed by atoms with Crippen molar-refractivity contribution in [1.82, 2.24) is 10.6 Å². The van der Waals surface area contributed by atoms with E-state index in [0.717, 1.165) is 22.4 Å². The van der Waals surface area contributed by atoms with Gasteiger partial charge in [0.05, 0.1) is 18.9 Å². The van der Waals surface area contributed by atoms with Crippen molar-refractivity contribution in [3.8, 4) is 5.75 Å². The number of para-hydroxylation sites is 1. The zero-order valence-electron chi connectivity index (χ0n) is 15.1. The largest absolute Gasteiger partial charge is 0.496 e. The number of hydrogen-bond donors (Lipinski definition) is 2. The molecule has 26 heavy (non-hydrogen) atoms. The molecule has 136 valence electrons. The maximum Gasteiger partial charge on any atom is 0.224 e. The van der Waals surface area contributed by atoms with E-state index < -0.39 is 0 Å². The number of methoxy groups -OCH3 is 1. The molecule has 0 heterocycles. The summed E-state index contributed by atoms with van der Waals surface area (Å²) in [5.74, 6) is 0.159. The van der Waals surface area contributed by atoms with Crippen LogP contribution in [0.25, 0.3) is 0 Å². The molecule has 1 aliphatic carbocycles. The van der Waals surface area contributed by atoms with Crippen LogP contribution in [0.5, 0.6) is 5.75 Å². The van der Waals surface area contributed by atoms with E-state index in [1.807, 2.05) is 55.5 Å². The van der Waals surface area contributed by atoms with Gasteiger partial charge in [-0.3, -0.25) is 9.59 Å². The first-order valence-electron chi connectivity index (χ1n) is 8.82. The van der Waals surface area contributed by atoms with E-state index in [9.17, 15) is 9.59 Å². The second kappa shape index (κ2) is 8.04. The Labute approximate surface area is 153 Å². The molecule has 0 radical (unpaired) electrons. The zero-order chi connectivity index (χ0) is 18.5. The van der Waals surface area contributed by atoms with Crippen LogP contribution in [-0.2, 0) is 22.7 Å². The molecule has 1 saturated carbocycles. The van der Waals surface area contributed by atoms with E-state index in [1.165, 1.54) is 0 Å². The Kier molecular flexibility index (Phi) is 5.56. The van der Waals surface area contributed by atoms with Crippen LogP contribution in [-0.4, -0.2) is 18.9 Å². The second-order valence-electron chi connectivity index (χ2n) is 6.62. The fourth-order valence-corrected chi connectivity index (χ4v) is 3.06. The molecule has 0 saturated heterocycles. The van der Waals surface area contributed by atoms with E-state index in [2.05, 4.69) is 10.6 Å². The Bertz CT molecular complexity index is 803. The number of rotatable bonds is 7. The summed E-state index contributed by atoms with van der Waals surface area (Å²) < 4.78 is 5.28. The third-order valence-corrected chi connectivity index (χ3v) is 4.82. The normalized spacial score (nSPS) is 18.1. The summed E-state index contributed by atoms with van der Waals surface area (Å²) in [6.45, 7) is 2.92. The summed E-state index contributed by atoms with van der Waals surface area (Å²) in [5.41, 5.74) is 3.16. The summed E-state index contributed by atoms with van der Waals surface area (Å²) in [6, 6.07) is 15.5. The number of hydrogen-bond acceptors (Lipinski definition) is 3. The number of benzene rings is 2. The van der Waals surface area contributed by atoms with Crippen molar-refractivity contribution < 1.29 is 14.3 Å². The van der Waals surface area contributed by atoms with Gasteiger partial charge in [0, 0.05) is 18.7 Å². The van der Waals surface area contributed by atoms with Gasteiger partial charge in [0.25, 0.3) is 0 Å². The van der Waals surface area contributed by atoms with Gasteiger partial charge < -0.3 is 15.4 Å². The zero-order valence-corrected chi connectivity index (χ0v) is 15.1. The predicted octanol–water partition coefficient (Wildman–Crippen LogP) is 2.57. The molecule has 2 unspecified atom stereocenters. The highest BCUT2D eigenvalue weighted by Gasteiger charge is 2.47. The van der Waals surface area contributed by atoms with Crippen LogP contribution in [0, 0.1) is 18.8 Å². The average molecular weight is 352 g/mol. The first kappa shape index (κ1) is 18.0. The molecule has 5 nitrogen and oxygen atoms in total. The van der Waals surface area contributed by atoms with Gasteiger partial charge in [-0.2, -0.15) is 0 Å². The van der Waals surface area contributed by atoms with Crippen LogP contribution in [0.2, 0.25) is 0 Å². The lowest BCUT2D eigenvalue weighted by atomic mass is 10.1.